The smallest absolute Gasteiger partial charge is 0.434 e. The quantitative estimate of drug-likeness (QED) is 0.340. The molecule has 0 bridgehead atoms. The van der Waals surface area contributed by atoms with Crippen LogP contribution in [0.4, 0.5) is 13.2 Å². The van der Waals surface area contributed by atoms with Crippen molar-refractivity contribution < 1.29 is 22.7 Å². The Morgan fingerprint density at radius 2 is 2.13 bits per heavy atom. The number of hydrogen-bond acceptors (Lipinski definition) is 5. The van der Waals surface area contributed by atoms with Gasteiger partial charge < -0.3 is 15.4 Å². The number of ether oxygens (including phenoxy) is 1. The molecule has 0 radical (unpaired) electrons. The summed E-state index contributed by atoms with van der Waals surface area (Å²) < 4.78 is 41.9. The van der Waals surface area contributed by atoms with E-state index >= 15 is 0 Å². The first-order valence-electron chi connectivity index (χ1n) is 6.89. The second-order valence-corrected chi connectivity index (χ2v) is 5.45. The van der Waals surface area contributed by atoms with Crippen LogP contribution in [0, 0.1) is 0 Å². The van der Waals surface area contributed by atoms with E-state index in [0.29, 0.717) is 30.4 Å². The minimum atomic E-state index is -4.42. The summed E-state index contributed by atoms with van der Waals surface area (Å²) in [5.74, 6) is 0.212. The number of carbonyl (C=O) groups excluding carboxylic acids is 1. The molecule has 0 fully saturated rings. The van der Waals surface area contributed by atoms with Crippen molar-refractivity contribution in [1.82, 2.24) is 15.6 Å². The lowest BCUT2D eigenvalue weighted by atomic mass is 10.2. The van der Waals surface area contributed by atoms with E-state index < -0.39 is 11.9 Å². The third-order valence-corrected chi connectivity index (χ3v) is 3.65. The molecule has 0 aliphatic heterocycles. The number of aliphatic imine (C=N–C) groups is 1. The number of rotatable bonds is 7. The molecular formula is C13H19F3N4O2S. The zero-order valence-electron chi connectivity index (χ0n) is 12.9. The maximum Gasteiger partial charge on any atom is 0.434 e. The number of nitrogens with one attached hydrogen (secondary N) is 2. The minimum absolute atomic E-state index is 0.155. The van der Waals surface area contributed by atoms with Gasteiger partial charge in [-0.1, -0.05) is 0 Å². The van der Waals surface area contributed by atoms with Crippen molar-refractivity contribution >= 4 is 23.3 Å². The molecule has 0 aliphatic rings. The van der Waals surface area contributed by atoms with E-state index in [4.69, 9.17) is 0 Å². The number of halogens is 3. The summed E-state index contributed by atoms with van der Waals surface area (Å²) in [6.07, 6.45) is -2.65. The van der Waals surface area contributed by atoms with Crippen molar-refractivity contribution in [3.63, 3.8) is 0 Å². The van der Waals surface area contributed by atoms with Crippen molar-refractivity contribution in [1.29, 1.82) is 0 Å². The van der Waals surface area contributed by atoms with Gasteiger partial charge in [0.15, 0.2) is 11.7 Å². The minimum Gasteiger partial charge on any atom is -0.469 e. The van der Waals surface area contributed by atoms with Crippen LogP contribution in [0.25, 0.3) is 0 Å². The van der Waals surface area contributed by atoms with E-state index in [0.717, 1.165) is 23.1 Å². The van der Waals surface area contributed by atoms with Gasteiger partial charge in [0.05, 0.1) is 13.7 Å². The standard InChI is InChI=1S/C13H19F3N4O2S/c1-17-12(18-6-4-3-5-11(21)22-2)19-7-10-20-9(8-23-10)13(14,15)16/h8H,3-7H2,1-2H3,(H2,17,18,19). The van der Waals surface area contributed by atoms with Gasteiger partial charge in [-0.2, -0.15) is 13.2 Å². The molecule has 0 aromatic carbocycles. The van der Waals surface area contributed by atoms with E-state index in [-0.39, 0.29) is 12.5 Å². The van der Waals surface area contributed by atoms with E-state index in [1.807, 2.05) is 0 Å². The monoisotopic (exact) mass is 352 g/mol. The predicted octanol–water partition coefficient (Wildman–Crippen LogP) is 2.17. The molecule has 0 aliphatic carbocycles. The Labute approximate surface area is 136 Å². The highest BCUT2D eigenvalue weighted by molar-refractivity contribution is 7.09. The topological polar surface area (TPSA) is 75.6 Å². The molecule has 0 atom stereocenters. The molecule has 2 N–H and O–H groups in total. The number of nitrogens with zero attached hydrogens (tertiary/aromatic N) is 2. The number of thiazole rings is 1. The van der Waals surface area contributed by atoms with E-state index in [1.54, 1.807) is 7.05 Å². The van der Waals surface area contributed by atoms with Crippen LogP contribution in [0.5, 0.6) is 0 Å². The van der Waals surface area contributed by atoms with Crippen molar-refractivity contribution in [3.8, 4) is 0 Å². The predicted molar refractivity (Wildman–Crippen MR) is 81.2 cm³/mol. The SMILES string of the molecule is CN=C(NCCCCC(=O)OC)NCc1nc(C(F)(F)F)cs1. The number of aromatic nitrogens is 1. The van der Waals surface area contributed by atoms with Crippen LogP contribution >= 0.6 is 11.3 Å². The van der Waals surface area contributed by atoms with Gasteiger partial charge >= 0.3 is 12.1 Å². The van der Waals surface area contributed by atoms with Gasteiger partial charge in [0.25, 0.3) is 0 Å². The number of methoxy groups -OCH3 is 1. The first-order valence-corrected chi connectivity index (χ1v) is 7.77. The number of carbonyl (C=O) groups is 1. The van der Waals surface area contributed by atoms with Gasteiger partial charge in [-0.3, -0.25) is 9.79 Å². The summed E-state index contributed by atoms with van der Waals surface area (Å²) >= 11 is 0.939. The molecule has 1 rings (SSSR count). The molecular weight excluding hydrogens is 333 g/mol. The first kappa shape index (κ1) is 19.2. The molecule has 0 saturated carbocycles. The molecule has 130 valence electrons. The molecule has 0 unspecified atom stereocenters. The Hall–Kier alpha value is -1.84. The number of esters is 1. The molecule has 0 amide bonds. The lowest BCUT2D eigenvalue weighted by Crippen LogP contribution is -2.37. The summed E-state index contributed by atoms with van der Waals surface area (Å²) in [4.78, 5) is 18.4. The number of guanidine groups is 1. The molecule has 1 aromatic rings. The average Bonchev–Trinajstić information content (AvgIpc) is 2.98. The zero-order valence-corrected chi connectivity index (χ0v) is 13.7. The van der Waals surface area contributed by atoms with Crippen LogP contribution < -0.4 is 10.6 Å². The van der Waals surface area contributed by atoms with E-state index in [2.05, 4.69) is 25.3 Å². The van der Waals surface area contributed by atoms with Gasteiger partial charge in [0.2, 0.25) is 0 Å². The van der Waals surface area contributed by atoms with Gasteiger partial charge in [0, 0.05) is 25.4 Å². The Bertz CT molecular complexity index is 532. The highest BCUT2D eigenvalue weighted by Crippen LogP contribution is 2.29. The largest absolute Gasteiger partial charge is 0.469 e. The van der Waals surface area contributed by atoms with Gasteiger partial charge in [0.1, 0.15) is 5.01 Å². The lowest BCUT2D eigenvalue weighted by molar-refractivity contribution is -0.141. The second kappa shape index (κ2) is 9.33. The highest BCUT2D eigenvalue weighted by Gasteiger charge is 2.33. The summed E-state index contributed by atoms with van der Waals surface area (Å²) in [6, 6.07) is 0. The van der Waals surface area contributed by atoms with E-state index in [9.17, 15) is 18.0 Å². The molecule has 23 heavy (non-hydrogen) atoms. The summed E-state index contributed by atoms with van der Waals surface area (Å²) in [6.45, 7) is 0.741. The Morgan fingerprint density at radius 1 is 1.39 bits per heavy atom. The molecule has 1 heterocycles. The molecule has 1 aromatic heterocycles. The van der Waals surface area contributed by atoms with Crippen LogP contribution in [-0.2, 0) is 22.3 Å². The lowest BCUT2D eigenvalue weighted by Gasteiger charge is -2.10. The third-order valence-electron chi connectivity index (χ3n) is 2.80. The Balaban J connectivity index is 2.29. The fourth-order valence-corrected chi connectivity index (χ4v) is 2.35. The van der Waals surface area contributed by atoms with Crippen LogP contribution in [0.2, 0.25) is 0 Å². The molecule has 0 spiro atoms. The van der Waals surface area contributed by atoms with Crippen molar-refractivity contribution in [2.75, 3.05) is 20.7 Å². The highest BCUT2D eigenvalue weighted by atomic mass is 32.1. The molecule has 6 nitrogen and oxygen atoms in total. The van der Waals surface area contributed by atoms with Crippen LogP contribution in [0.15, 0.2) is 10.4 Å². The van der Waals surface area contributed by atoms with Crippen molar-refractivity contribution in [3.05, 3.63) is 16.1 Å². The fourth-order valence-electron chi connectivity index (χ4n) is 1.61. The van der Waals surface area contributed by atoms with Crippen LogP contribution in [0.1, 0.15) is 30.0 Å². The van der Waals surface area contributed by atoms with Crippen LogP contribution in [-0.4, -0.2) is 37.6 Å². The number of unbranched alkanes of at least 4 members (excludes halogenated alkanes) is 1. The maximum atomic E-state index is 12.4. The first-order chi connectivity index (χ1) is 10.9. The maximum absolute atomic E-state index is 12.4. The Morgan fingerprint density at radius 3 is 2.70 bits per heavy atom. The normalized spacial score (nSPS) is 12.1. The van der Waals surface area contributed by atoms with Crippen molar-refractivity contribution in [2.24, 2.45) is 4.99 Å². The van der Waals surface area contributed by atoms with Gasteiger partial charge in [-0.05, 0) is 12.8 Å². The van der Waals surface area contributed by atoms with Gasteiger partial charge in [-0.25, -0.2) is 4.98 Å². The van der Waals surface area contributed by atoms with Crippen molar-refractivity contribution in [2.45, 2.75) is 32.0 Å². The van der Waals surface area contributed by atoms with E-state index in [1.165, 1.54) is 7.11 Å². The summed E-state index contributed by atoms with van der Waals surface area (Å²) in [7, 11) is 2.90. The second-order valence-electron chi connectivity index (χ2n) is 4.51. The molecule has 10 heteroatoms. The summed E-state index contributed by atoms with van der Waals surface area (Å²) in [5.41, 5.74) is -0.884. The Kier molecular flexibility index (Phi) is 7.79. The zero-order chi connectivity index (χ0) is 17.3. The average molecular weight is 352 g/mol. The fraction of sp³-hybridized carbons (Fsp3) is 0.615. The summed E-state index contributed by atoms with van der Waals surface area (Å²) in [5, 5.41) is 7.21. The van der Waals surface area contributed by atoms with Crippen LogP contribution in [0.3, 0.4) is 0 Å². The third kappa shape index (κ3) is 7.31. The van der Waals surface area contributed by atoms with Gasteiger partial charge in [-0.15, -0.1) is 11.3 Å². The molecule has 0 saturated heterocycles. The number of hydrogen-bond donors (Lipinski definition) is 2. The number of alkyl halides is 3.